The van der Waals surface area contributed by atoms with Crippen molar-refractivity contribution in [2.45, 2.75) is 44.0 Å². The molecule has 0 saturated heterocycles. The second-order valence-corrected chi connectivity index (χ2v) is 9.97. The van der Waals surface area contributed by atoms with Gasteiger partial charge >= 0.3 is 0 Å². The van der Waals surface area contributed by atoms with E-state index in [4.69, 9.17) is 4.74 Å². The lowest BCUT2D eigenvalue weighted by atomic mass is 10.0. The summed E-state index contributed by atoms with van der Waals surface area (Å²) >= 11 is 0. The Labute approximate surface area is 196 Å². The van der Waals surface area contributed by atoms with Gasteiger partial charge in [0.25, 0.3) is 0 Å². The van der Waals surface area contributed by atoms with E-state index in [9.17, 15) is 13.2 Å². The van der Waals surface area contributed by atoms with E-state index < -0.39 is 22.0 Å². The largest absolute Gasteiger partial charge is 0.496 e. The Morgan fingerprint density at radius 2 is 1.64 bits per heavy atom. The van der Waals surface area contributed by atoms with Crippen molar-refractivity contribution in [1.29, 1.82) is 0 Å². The second-order valence-electron chi connectivity index (χ2n) is 8.26. The zero-order valence-electron chi connectivity index (χ0n) is 19.3. The maximum atomic E-state index is 13.2. The lowest BCUT2D eigenvalue weighted by Gasteiger charge is -2.19. The van der Waals surface area contributed by atoms with E-state index in [2.05, 4.69) is 23.9 Å². The molecule has 0 fully saturated rings. The van der Waals surface area contributed by atoms with Crippen LogP contribution in [0.25, 0.3) is 0 Å². The Morgan fingerprint density at radius 1 is 0.970 bits per heavy atom. The van der Waals surface area contributed by atoms with Crippen LogP contribution in [-0.2, 0) is 21.2 Å². The van der Waals surface area contributed by atoms with Crippen LogP contribution in [0, 0.1) is 6.92 Å². The molecule has 0 aromatic heterocycles. The number of nitrogens with one attached hydrogen (secondary N) is 2. The molecule has 0 saturated carbocycles. The lowest BCUT2D eigenvalue weighted by Crippen LogP contribution is -2.45. The number of methoxy groups -OCH3 is 1. The van der Waals surface area contributed by atoms with Crippen molar-refractivity contribution in [3.8, 4) is 5.75 Å². The fraction of sp³-hybridized carbons (Fsp3) is 0.269. The summed E-state index contributed by atoms with van der Waals surface area (Å²) in [4.78, 5) is 13.2. The number of anilines is 1. The summed E-state index contributed by atoms with van der Waals surface area (Å²) in [6.45, 7) is 5.96. The van der Waals surface area contributed by atoms with Crippen LogP contribution in [0.2, 0.25) is 0 Å². The second kappa shape index (κ2) is 10.6. The summed E-state index contributed by atoms with van der Waals surface area (Å²) in [5.41, 5.74) is 3.31. The molecule has 3 rings (SSSR count). The van der Waals surface area contributed by atoms with Crippen LogP contribution in [0.15, 0.2) is 77.7 Å². The van der Waals surface area contributed by atoms with Gasteiger partial charge in [0, 0.05) is 5.69 Å². The Kier molecular flexibility index (Phi) is 7.89. The van der Waals surface area contributed by atoms with Gasteiger partial charge in [0.1, 0.15) is 11.8 Å². The minimum absolute atomic E-state index is 0.0768. The molecule has 0 aliphatic rings. The number of carbonyl (C=O) groups is 1. The number of ether oxygens (including phenoxy) is 1. The van der Waals surface area contributed by atoms with Gasteiger partial charge in [-0.15, -0.1) is 0 Å². The molecule has 0 heterocycles. The van der Waals surface area contributed by atoms with Gasteiger partial charge in [0.05, 0.1) is 12.0 Å². The number of carbonyl (C=O) groups excluding carboxylic acids is 1. The first-order chi connectivity index (χ1) is 15.7. The zero-order chi connectivity index (χ0) is 24.0. The van der Waals surface area contributed by atoms with Crippen molar-refractivity contribution in [3.63, 3.8) is 0 Å². The molecule has 2 N–H and O–H groups in total. The van der Waals surface area contributed by atoms with Crippen molar-refractivity contribution in [2.75, 3.05) is 12.4 Å². The maximum Gasteiger partial charge on any atom is 0.242 e. The van der Waals surface area contributed by atoms with Crippen molar-refractivity contribution in [1.82, 2.24) is 4.72 Å². The molecule has 3 aromatic carbocycles. The molecule has 0 spiro atoms. The smallest absolute Gasteiger partial charge is 0.242 e. The van der Waals surface area contributed by atoms with Crippen LogP contribution in [-0.4, -0.2) is 27.5 Å². The van der Waals surface area contributed by atoms with E-state index in [-0.39, 0.29) is 11.3 Å². The fourth-order valence-electron chi connectivity index (χ4n) is 3.49. The minimum atomic E-state index is -3.95. The van der Waals surface area contributed by atoms with Crippen LogP contribution in [0.3, 0.4) is 0 Å². The number of hydrogen-bond acceptors (Lipinski definition) is 4. The molecule has 174 valence electrons. The van der Waals surface area contributed by atoms with Gasteiger partial charge in [0.15, 0.2) is 0 Å². The third-order valence-electron chi connectivity index (χ3n) is 5.42. The molecule has 0 bridgehead atoms. The summed E-state index contributed by atoms with van der Waals surface area (Å²) in [6, 6.07) is 20.5. The van der Waals surface area contributed by atoms with E-state index in [1.165, 1.54) is 19.2 Å². The highest BCUT2D eigenvalue weighted by molar-refractivity contribution is 7.89. The number of sulfonamides is 1. The minimum Gasteiger partial charge on any atom is -0.496 e. The SMILES string of the molecule is COc1ccc(S(=O)(=O)N[C@@H](Cc2ccccc2)C(=O)Nc2ccc(C(C)C)cc2)cc1C. The first-order valence-electron chi connectivity index (χ1n) is 10.8. The van der Waals surface area contributed by atoms with Gasteiger partial charge in [-0.2, -0.15) is 4.72 Å². The normalized spacial score (nSPS) is 12.4. The van der Waals surface area contributed by atoms with E-state index >= 15 is 0 Å². The molecule has 0 aliphatic heterocycles. The van der Waals surface area contributed by atoms with Crippen molar-refractivity contribution in [3.05, 3.63) is 89.5 Å². The summed E-state index contributed by atoms with van der Waals surface area (Å²) < 4.78 is 34.1. The fourth-order valence-corrected chi connectivity index (χ4v) is 4.77. The number of hydrogen-bond donors (Lipinski definition) is 2. The average Bonchev–Trinajstić information content (AvgIpc) is 2.79. The standard InChI is InChI=1S/C26H30N2O4S/c1-18(2)21-10-12-22(13-11-21)27-26(29)24(17-20-8-6-5-7-9-20)28-33(30,31)23-14-15-25(32-4)19(3)16-23/h5-16,18,24,28H,17H2,1-4H3,(H,27,29)/t24-/m0/s1. The van der Waals surface area contributed by atoms with E-state index in [0.717, 1.165) is 11.1 Å². The predicted molar refractivity (Wildman–Crippen MR) is 131 cm³/mol. The molecule has 1 amide bonds. The monoisotopic (exact) mass is 466 g/mol. The molecular formula is C26H30N2O4S. The Morgan fingerprint density at radius 3 is 2.21 bits per heavy atom. The topological polar surface area (TPSA) is 84.5 Å². The predicted octanol–water partition coefficient (Wildman–Crippen LogP) is 4.66. The highest BCUT2D eigenvalue weighted by Crippen LogP contribution is 2.22. The highest BCUT2D eigenvalue weighted by atomic mass is 32.2. The lowest BCUT2D eigenvalue weighted by molar-refractivity contribution is -0.117. The molecule has 33 heavy (non-hydrogen) atoms. The van der Waals surface area contributed by atoms with Gasteiger partial charge in [-0.05, 0) is 66.3 Å². The number of rotatable bonds is 9. The Bertz CT molecular complexity index is 1190. The first kappa shape index (κ1) is 24.5. The van der Waals surface area contributed by atoms with Crippen LogP contribution in [0.5, 0.6) is 5.75 Å². The van der Waals surface area contributed by atoms with Crippen molar-refractivity contribution >= 4 is 21.6 Å². The van der Waals surface area contributed by atoms with Crippen LogP contribution in [0.1, 0.15) is 36.5 Å². The third kappa shape index (κ3) is 6.43. The molecule has 7 heteroatoms. The highest BCUT2D eigenvalue weighted by Gasteiger charge is 2.26. The van der Waals surface area contributed by atoms with Gasteiger partial charge in [-0.25, -0.2) is 8.42 Å². The summed E-state index contributed by atoms with van der Waals surface area (Å²) in [7, 11) is -2.42. The summed E-state index contributed by atoms with van der Waals surface area (Å²) in [5.74, 6) is 0.544. The van der Waals surface area contributed by atoms with E-state index in [0.29, 0.717) is 22.9 Å². The van der Waals surface area contributed by atoms with Gasteiger partial charge in [-0.1, -0.05) is 56.3 Å². The van der Waals surface area contributed by atoms with Crippen LogP contribution in [0.4, 0.5) is 5.69 Å². The first-order valence-corrected chi connectivity index (χ1v) is 12.3. The van der Waals surface area contributed by atoms with Crippen molar-refractivity contribution in [2.24, 2.45) is 0 Å². The Balaban J connectivity index is 1.85. The van der Waals surface area contributed by atoms with Crippen LogP contribution >= 0.6 is 0 Å². The van der Waals surface area contributed by atoms with Crippen molar-refractivity contribution < 1.29 is 17.9 Å². The van der Waals surface area contributed by atoms with E-state index in [1.54, 1.807) is 13.0 Å². The molecule has 0 aliphatic carbocycles. The molecule has 0 radical (unpaired) electrons. The van der Waals surface area contributed by atoms with Gasteiger partial charge < -0.3 is 10.1 Å². The molecule has 0 unspecified atom stereocenters. The third-order valence-corrected chi connectivity index (χ3v) is 6.89. The number of amides is 1. The van der Waals surface area contributed by atoms with E-state index in [1.807, 2.05) is 54.6 Å². The molecular weight excluding hydrogens is 436 g/mol. The summed E-state index contributed by atoms with van der Waals surface area (Å²) in [6.07, 6.45) is 0.213. The molecule has 3 aromatic rings. The average molecular weight is 467 g/mol. The van der Waals surface area contributed by atoms with Gasteiger partial charge in [-0.3, -0.25) is 4.79 Å². The number of aryl methyl sites for hydroxylation is 1. The Hall–Kier alpha value is -3.16. The quantitative estimate of drug-likeness (QED) is 0.481. The maximum absolute atomic E-state index is 13.2. The summed E-state index contributed by atoms with van der Waals surface area (Å²) in [5, 5.41) is 2.85. The number of benzene rings is 3. The molecule has 6 nitrogen and oxygen atoms in total. The van der Waals surface area contributed by atoms with Crippen LogP contribution < -0.4 is 14.8 Å². The van der Waals surface area contributed by atoms with Gasteiger partial charge in [0.2, 0.25) is 15.9 Å². The zero-order valence-corrected chi connectivity index (χ0v) is 20.1. The molecule has 1 atom stereocenters.